The van der Waals surface area contributed by atoms with Gasteiger partial charge in [0.15, 0.2) is 0 Å². The van der Waals surface area contributed by atoms with Crippen LogP contribution in [0.3, 0.4) is 0 Å². The van der Waals surface area contributed by atoms with E-state index in [9.17, 15) is 4.79 Å². The average molecular weight is 287 g/mol. The van der Waals surface area contributed by atoms with Crippen molar-refractivity contribution >= 4 is 18.3 Å². The molecule has 0 aliphatic heterocycles. The van der Waals surface area contributed by atoms with Gasteiger partial charge in [-0.25, -0.2) is 0 Å². The quantitative estimate of drug-likeness (QED) is 0.901. The van der Waals surface area contributed by atoms with Crippen LogP contribution in [0.1, 0.15) is 19.4 Å². The summed E-state index contributed by atoms with van der Waals surface area (Å²) in [5, 5.41) is 0. The summed E-state index contributed by atoms with van der Waals surface area (Å²) in [5.74, 6) is 0.902. The van der Waals surface area contributed by atoms with Crippen molar-refractivity contribution in [2.45, 2.75) is 26.4 Å². The van der Waals surface area contributed by atoms with Crippen molar-refractivity contribution in [1.29, 1.82) is 0 Å². The number of halogens is 1. The molecule has 1 amide bonds. The highest BCUT2D eigenvalue weighted by molar-refractivity contribution is 5.85. The van der Waals surface area contributed by atoms with Gasteiger partial charge in [0.25, 0.3) is 0 Å². The first-order valence-corrected chi connectivity index (χ1v) is 6.09. The van der Waals surface area contributed by atoms with E-state index in [1.165, 1.54) is 0 Å². The molecule has 0 bridgehead atoms. The average Bonchev–Trinajstić information content (AvgIpc) is 2.36. The Labute approximate surface area is 121 Å². The molecular formula is C14H23ClN2O2. The van der Waals surface area contributed by atoms with E-state index < -0.39 is 6.04 Å². The first-order chi connectivity index (χ1) is 8.45. The zero-order valence-corrected chi connectivity index (χ0v) is 12.7. The van der Waals surface area contributed by atoms with Crippen LogP contribution in [-0.2, 0) is 11.3 Å². The number of nitrogens with two attached hydrogens (primary N) is 1. The van der Waals surface area contributed by atoms with Crippen LogP contribution in [0.25, 0.3) is 0 Å². The van der Waals surface area contributed by atoms with Crippen molar-refractivity contribution in [1.82, 2.24) is 4.90 Å². The van der Waals surface area contributed by atoms with Crippen molar-refractivity contribution in [2.24, 2.45) is 11.7 Å². The Morgan fingerprint density at radius 2 is 2.05 bits per heavy atom. The summed E-state index contributed by atoms with van der Waals surface area (Å²) in [6, 6.07) is 7.23. The summed E-state index contributed by atoms with van der Waals surface area (Å²) in [4.78, 5) is 13.7. The lowest BCUT2D eigenvalue weighted by Crippen LogP contribution is -2.44. The van der Waals surface area contributed by atoms with Gasteiger partial charge >= 0.3 is 0 Å². The minimum Gasteiger partial charge on any atom is -0.497 e. The van der Waals surface area contributed by atoms with E-state index in [4.69, 9.17) is 10.5 Å². The third-order valence-electron chi connectivity index (χ3n) is 2.93. The first kappa shape index (κ1) is 17.7. The number of hydrogen-bond donors (Lipinski definition) is 1. The normalized spacial score (nSPS) is 11.7. The number of carbonyl (C=O) groups excluding carboxylic acids is 1. The fourth-order valence-electron chi connectivity index (χ4n) is 1.66. The van der Waals surface area contributed by atoms with Gasteiger partial charge < -0.3 is 15.4 Å². The maximum absolute atomic E-state index is 12.0. The largest absolute Gasteiger partial charge is 0.497 e. The number of hydrogen-bond acceptors (Lipinski definition) is 3. The van der Waals surface area contributed by atoms with Crippen LogP contribution in [0.15, 0.2) is 24.3 Å². The lowest BCUT2D eigenvalue weighted by molar-refractivity contribution is -0.132. The fourth-order valence-corrected chi connectivity index (χ4v) is 1.66. The van der Waals surface area contributed by atoms with Crippen molar-refractivity contribution in [3.05, 3.63) is 29.8 Å². The summed E-state index contributed by atoms with van der Waals surface area (Å²) in [7, 11) is 3.40. The van der Waals surface area contributed by atoms with E-state index >= 15 is 0 Å². The third-order valence-corrected chi connectivity index (χ3v) is 2.93. The SMILES string of the molecule is COc1cccc(CN(C)C(=O)[C@H](N)C(C)C)c1.Cl. The van der Waals surface area contributed by atoms with Crippen LogP contribution in [0.2, 0.25) is 0 Å². The van der Waals surface area contributed by atoms with Crippen LogP contribution in [0.5, 0.6) is 5.75 Å². The van der Waals surface area contributed by atoms with Crippen LogP contribution in [-0.4, -0.2) is 31.0 Å². The number of rotatable bonds is 5. The number of benzene rings is 1. The molecule has 5 heteroatoms. The van der Waals surface area contributed by atoms with Crippen molar-refractivity contribution < 1.29 is 9.53 Å². The fraction of sp³-hybridized carbons (Fsp3) is 0.500. The lowest BCUT2D eigenvalue weighted by Gasteiger charge is -2.23. The number of carbonyl (C=O) groups is 1. The Kier molecular flexibility index (Phi) is 7.49. The lowest BCUT2D eigenvalue weighted by atomic mass is 10.0. The topological polar surface area (TPSA) is 55.6 Å². The summed E-state index contributed by atoms with van der Waals surface area (Å²) in [6.45, 7) is 4.43. The van der Waals surface area contributed by atoms with E-state index in [1.807, 2.05) is 38.1 Å². The molecule has 1 atom stereocenters. The zero-order valence-electron chi connectivity index (χ0n) is 11.9. The molecular weight excluding hydrogens is 264 g/mol. The van der Waals surface area contributed by atoms with Crippen LogP contribution in [0, 0.1) is 5.92 Å². The second-order valence-corrected chi connectivity index (χ2v) is 4.82. The Morgan fingerprint density at radius 3 is 2.58 bits per heavy atom. The Morgan fingerprint density at radius 1 is 1.42 bits per heavy atom. The van der Waals surface area contributed by atoms with Gasteiger partial charge in [0.05, 0.1) is 13.2 Å². The summed E-state index contributed by atoms with van der Waals surface area (Å²) < 4.78 is 5.15. The Bertz CT molecular complexity index is 410. The molecule has 0 saturated heterocycles. The summed E-state index contributed by atoms with van der Waals surface area (Å²) in [6.07, 6.45) is 0. The molecule has 0 aromatic heterocycles. The zero-order chi connectivity index (χ0) is 13.7. The molecule has 2 N–H and O–H groups in total. The van der Waals surface area contributed by atoms with E-state index in [2.05, 4.69) is 0 Å². The molecule has 0 radical (unpaired) electrons. The maximum Gasteiger partial charge on any atom is 0.239 e. The Balaban J connectivity index is 0.00000324. The second-order valence-electron chi connectivity index (χ2n) is 4.82. The first-order valence-electron chi connectivity index (χ1n) is 6.09. The Hall–Kier alpha value is -1.26. The highest BCUT2D eigenvalue weighted by Gasteiger charge is 2.20. The van der Waals surface area contributed by atoms with Gasteiger partial charge in [-0.15, -0.1) is 12.4 Å². The predicted molar refractivity (Wildman–Crippen MR) is 79.5 cm³/mol. The van der Waals surface area contributed by atoms with Gasteiger partial charge in [0.1, 0.15) is 5.75 Å². The summed E-state index contributed by atoms with van der Waals surface area (Å²) >= 11 is 0. The number of methoxy groups -OCH3 is 1. The van der Waals surface area contributed by atoms with E-state index in [1.54, 1.807) is 19.1 Å². The molecule has 1 rings (SSSR count). The molecule has 0 fully saturated rings. The molecule has 0 aliphatic carbocycles. The number of ether oxygens (including phenoxy) is 1. The van der Waals surface area contributed by atoms with Gasteiger partial charge in [-0.05, 0) is 23.6 Å². The highest BCUT2D eigenvalue weighted by atomic mass is 35.5. The third kappa shape index (κ3) is 5.09. The van der Waals surface area contributed by atoms with Gasteiger partial charge in [-0.1, -0.05) is 26.0 Å². The minimum atomic E-state index is -0.444. The van der Waals surface area contributed by atoms with E-state index in [0.717, 1.165) is 11.3 Å². The van der Waals surface area contributed by atoms with Gasteiger partial charge in [0.2, 0.25) is 5.91 Å². The van der Waals surface area contributed by atoms with Crippen molar-refractivity contribution in [3.8, 4) is 5.75 Å². The number of nitrogens with zero attached hydrogens (tertiary/aromatic N) is 1. The molecule has 1 aromatic rings. The molecule has 108 valence electrons. The number of likely N-dealkylation sites (N-methyl/N-ethyl adjacent to an activating group) is 1. The smallest absolute Gasteiger partial charge is 0.239 e. The van der Waals surface area contributed by atoms with Gasteiger partial charge in [-0.3, -0.25) is 4.79 Å². The van der Waals surface area contributed by atoms with Crippen LogP contribution >= 0.6 is 12.4 Å². The monoisotopic (exact) mass is 286 g/mol. The minimum absolute atomic E-state index is 0. The molecule has 1 aromatic carbocycles. The second kappa shape index (κ2) is 8.02. The molecule has 0 saturated carbocycles. The van der Waals surface area contributed by atoms with E-state index in [0.29, 0.717) is 6.54 Å². The van der Waals surface area contributed by atoms with Gasteiger partial charge in [-0.2, -0.15) is 0 Å². The standard InChI is InChI=1S/C14H22N2O2.ClH/c1-10(2)13(15)14(17)16(3)9-11-6-5-7-12(8-11)18-4;/h5-8,10,13H,9,15H2,1-4H3;1H/t13-;/m1./s1. The molecule has 0 spiro atoms. The number of amides is 1. The highest BCUT2D eigenvalue weighted by Crippen LogP contribution is 2.14. The van der Waals surface area contributed by atoms with Crippen LogP contribution in [0.4, 0.5) is 0 Å². The summed E-state index contributed by atoms with van der Waals surface area (Å²) in [5.41, 5.74) is 6.88. The molecule has 4 nitrogen and oxygen atoms in total. The molecule has 0 aliphatic rings. The van der Waals surface area contributed by atoms with E-state index in [-0.39, 0.29) is 24.2 Å². The molecule has 0 heterocycles. The van der Waals surface area contributed by atoms with Crippen LogP contribution < -0.4 is 10.5 Å². The molecule has 0 unspecified atom stereocenters. The van der Waals surface area contributed by atoms with Crippen molar-refractivity contribution in [3.63, 3.8) is 0 Å². The van der Waals surface area contributed by atoms with Gasteiger partial charge in [0, 0.05) is 13.6 Å². The predicted octanol–water partition coefficient (Wildman–Crippen LogP) is 2.06. The maximum atomic E-state index is 12.0. The molecule has 19 heavy (non-hydrogen) atoms. The van der Waals surface area contributed by atoms with Crippen molar-refractivity contribution in [2.75, 3.05) is 14.2 Å².